The van der Waals surface area contributed by atoms with Crippen LogP contribution in [0.3, 0.4) is 0 Å². The van der Waals surface area contributed by atoms with Crippen LogP contribution in [0.25, 0.3) is 0 Å². The molecule has 1 fully saturated rings. The van der Waals surface area contributed by atoms with E-state index in [9.17, 15) is 8.42 Å². The molecule has 1 atom stereocenters. The third kappa shape index (κ3) is 5.02. The van der Waals surface area contributed by atoms with Crippen molar-refractivity contribution in [3.8, 4) is 0 Å². The van der Waals surface area contributed by atoms with Gasteiger partial charge in [0, 0.05) is 26.7 Å². The van der Waals surface area contributed by atoms with E-state index in [0.29, 0.717) is 25.6 Å². The quantitative estimate of drug-likeness (QED) is 0.733. The summed E-state index contributed by atoms with van der Waals surface area (Å²) in [7, 11) is -1.56. The zero-order valence-electron chi connectivity index (χ0n) is 12.6. The van der Waals surface area contributed by atoms with Gasteiger partial charge in [0.05, 0.1) is 0 Å². The van der Waals surface area contributed by atoms with E-state index < -0.39 is 10.2 Å². The SMILES string of the molecule is CCCCN(C)S(=O)(=O)N1CCCC(CNCC)C1. The Morgan fingerprint density at radius 1 is 1.37 bits per heavy atom. The van der Waals surface area contributed by atoms with E-state index >= 15 is 0 Å². The zero-order valence-corrected chi connectivity index (χ0v) is 13.4. The monoisotopic (exact) mass is 291 g/mol. The van der Waals surface area contributed by atoms with Gasteiger partial charge in [0.2, 0.25) is 0 Å². The Morgan fingerprint density at radius 3 is 2.74 bits per heavy atom. The molecule has 0 aromatic rings. The lowest BCUT2D eigenvalue weighted by atomic mass is 10.00. The molecule has 1 heterocycles. The minimum Gasteiger partial charge on any atom is -0.317 e. The molecular formula is C13H29N3O2S. The Kier molecular flexibility index (Phi) is 7.28. The Bertz CT molecular complexity index is 346. The van der Waals surface area contributed by atoms with Gasteiger partial charge in [0.15, 0.2) is 0 Å². The summed E-state index contributed by atoms with van der Waals surface area (Å²) >= 11 is 0. The number of unbranched alkanes of at least 4 members (excludes halogenated alkanes) is 1. The van der Waals surface area contributed by atoms with Gasteiger partial charge in [-0.25, -0.2) is 0 Å². The Labute approximate surface area is 118 Å². The maximum absolute atomic E-state index is 12.4. The Balaban J connectivity index is 2.56. The van der Waals surface area contributed by atoms with Crippen molar-refractivity contribution in [2.75, 3.05) is 39.8 Å². The molecule has 19 heavy (non-hydrogen) atoms. The molecule has 5 nitrogen and oxygen atoms in total. The van der Waals surface area contributed by atoms with Crippen LogP contribution in [0.4, 0.5) is 0 Å². The number of hydrogen-bond acceptors (Lipinski definition) is 3. The van der Waals surface area contributed by atoms with Crippen molar-refractivity contribution < 1.29 is 8.42 Å². The van der Waals surface area contributed by atoms with Crippen molar-refractivity contribution in [1.82, 2.24) is 13.9 Å². The van der Waals surface area contributed by atoms with Crippen LogP contribution in [0.15, 0.2) is 0 Å². The molecule has 6 heteroatoms. The molecule has 0 saturated carbocycles. The van der Waals surface area contributed by atoms with Gasteiger partial charge in [-0.2, -0.15) is 17.0 Å². The molecule has 0 aliphatic carbocycles. The predicted molar refractivity (Wildman–Crippen MR) is 79.3 cm³/mol. The first kappa shape index (κ1) is 16.9. The van der Waals surface area contributed by atoms with Crippen molar-refractivity contribution >= 4 is 10.2 Å². The topological polar surface area (TPSA) is 52.7 Å². The molecule has 1 N–H and O–H groups in total. The minimum absolute atomic E-state index is 0.447. The average Bonchev–Trinajstić information content (AvgIpc) is 2.42. The van der Waals surface area contributed by atoms with E-state index in [1.165, 1.54) is 4.31 Å². The van der Waals surface area contributed by atoms with Crippen LogP contribution in [-0.2, 0) is 10.2 Å². The average molecular weight is 291 g/mol. The van der Waals surface area contributed by atoms with Crippen LogP contribution < -0.4 is 5.32 Å². The predicted octanol–water partition coefficient (Wildman–Crippen LogP) is 1.28. The third-order valence-corrected chi connectivity index (χ3v) is 5.67. The van der Waals surface area contributed by atoms with Crippen molar-refractivity contribution in [1.29, 1.82) is 0 Å². The summed E-state index contributed by atoms with van der Waals surface area (Å²) in [5.41, 5.74) is 0. The summed E-state index contributed by atoms with van der Waals surface area (Å²) in [5.74, 6) is 0.447. The lowest BCUT2D eigenvalue weighted by Gasteiger charge is -2.34. The van der Waals surface area contributed by atoms with E-state index in [2.05, 4.69) is 19.2 Å². The number of rotatable bonds is 8. The first-order chi connectivity index (χ1) is 9.02. The molecule has 0 radical (unpaired) electrons. The largest absolute Gasteiger partial charge is 0.317 e. The van der Waals surface area contributed by atoms with Gasteiger partial charge >= 0.3 is 0 Å². The first-order valence-corrected chi connectivity index (χ1v) is 8.84. The summed E-state index contributed by atoms with van der Waals surface area (Å²) in [6.07, 6.45) is 4.03. The third-order valence-electron chi connectivity index (χ3n) is 3.71. The summed E-state index contributed by atoms with van der Waals surface area (Å²) in [5, 5.41) is 3.32. The van der Waals surface area contributed by atoms with Gasteiger partial charge in [-0.3, -0.25) is 0 Å². The standard InChI is InChI=1S/C13H29N3O2S/c1-4-6-9-15(3)19(17,18)16-10-7-8-13(12-16)11-14-5-2/h13-14H,4-12H2,1-3H3. The normalized spacial score (nSPS) is 22.0. The molecule has 0 aromatic heterocycles. The van der Waals surface area contributed by atoms with E-state index in [1.807, 2.05) is 0 Å². The lowest BCUT2D eigenvalue weighted by molar-refractivity contribution is 0.247. The van der Waals surface area contributed by atoms with Crippen LogP contribution >= 0.6 is 0 Å². The second-order valence-electron chi connectivity index (χ2n) is 5.36. The smallest absolute Gasteiger partial charge is 0.281 e. The molecule has 1 saturated heterocycles. The number of piperidine rings is 1. The molecule has 1 rings (SSSR count). The molecule has 0 spiro atoms. The van der Waals surface area contributed by atoms with E-state index in [-0.39, 0.29) is 0 Å². The number of nitrogens with zero attached hydrogens (tertiary/aromatic N) is 2. The highest BCUT2D eigenvalue weighted by molar-refractivity contribution is 7.86. The van der Waals surface area contributed by atoms with Crippen molar-refractivity contribution in [3.63, 3.8) is 0 Å². The minimum atomic E-state index is -3.25. The fraction of sp³-hybridized carbons (Fsp3) is 1.00. The summed E-state index contributed by atoms with van der Waals surface area (Å²) in [6.45, 7) is 7.96. The molecule has 1 unspecified atom stereocenters. The number of nitrogens with one attached hydrogen (secondary N) is 1. The van der Waals surface area contributed by atoms with Crippen LogP contribution in [0.2, 0.25) is 0 Å². The molecule has 1 aliphatic heterocycles. The Hall–Kier alpha value is -0.170. The van der Waals surface area contributed by atoms with E-state index in [1.54, 1.807) is 11.4 Å². The second kappa shape index (κ2) is 8.19. The zero-order chi connectivity index (χ0) is 14.3. The van der Waals surface area contributed by atoms with Crippen molar-refractivity contribution in [2.45, 2.75) is 39.5 Å². The van der Waals surface area contributed by atoms with E-state index in [0.717, 1.165) is 38.8 Å². The molecule has 0 aromatic carbocycles. The molecule has 114 valence electrons. The van der Waals surface area contributed by atoms with Gasteiger partial charge < -0.3 is 5.32 Å². The van der Waals surface area contributed by atoms with Crippen LogP contribution in [0, 0.1) is 5.92 Å². The Morgan fingerprint density at radius 2 is 2.11 bits per heavy atom. The maximum atomic E-state index is 12.4. The highest BCUT2D eigenvalue weighted by Crippen LogP contribution is 2.20. The van der Waals surface area contributed by atoms with Gasteiger partial charge in [-0.05, 0) is 38.3 Å². The van der Waals surface area contributed by atoms with Crippen LogP contribution in [-0.4, -0.2) is 56.8 Å². The maximum Gasteiger partial charge on any atom is 0.281 e. The summed E-state index contributed by atoms with van der Waals surface area (Å²) in [6, 6.07) is 0. The summed E-state index contributed by atoms with van der Waals surface area (Å²) < 4.78 is 28.1. The highest BCUT2D eigenvalue weighted by atomic mass is 32.2. The fourth-order valence-corrected chi connectivity index (χ4v) is 3.96. The van der Waals surface area contributed by atoms with Gasteiger partial charge in [-0.15, -0.1) is 0 Å². The van der Waals surface area contributed by atoms with Gasteiger partial charge in [0.1, 0.15) is 0 Å². The second-order valence-corrected chi connectivity index (χ2v) is 7.39. The van der Waals surface area contributed by atoms with E-state index in [4.69, 9.17) is 0 Å². The number of hydrogen-bond donors (Lipinski definition) is 1. The van der Waals surface area contributed by atoms with Gasteiger partial charge in [-0.1, -0.05) is 20.3 Å². The fourth-order valence-electron chi connectivity index (χ4n) is 2.44. The molecule has 0 amide bonds. The van der Waals surface area contributed by atoms with Gasteiger partial charge in [0.25, 0.3) is 10.2 Å². The molecular weight excluding hydrogens is 262 g/mol. The molecule has 0 bridgehead atoms. The highest BCUT2D eigenvalue weighted by Gasteiger charge is 2.31. The van der Waals surface area contributed by atoms with Crippen molar-refractivity contribution in [2.24, 2.45) is 5.92 Å². The lowest BCUT2D eigenvalue weighted by Crippen LogP contribution is -2.48. The van der Waals surface area contributed by atoms with Crippen LogP contribution in [0.1, 0.15) is 39.5 Å². The molecule has 1 aliphatic rings. The summed E-state index contributed by atoms with van der Waals surface area (Å²) in [4.78, 5) is 0. The van der Waals surface area contributed by atoms with Crippen molar-refractivity contribution in [3.05, 3.63) is 0 Å². The van der Waals surface area contributed by atoms with Crippen LogP contribution in [0.5, 0.6) is 0 Å². The first-order valence-electron chi connectivity index (χ1n) is 7.44.